The van der Waals surface area contributed by atoms with Gasteiger partial charge in [0, 0.05) is 34.3 Å². The number of β-lactam (4-membered cyclic amide) rings is 1. The number of aromatic carboxylic acids is 1. The summed E-state index contributed by atoms with van der Waals surface area (Å²) in [6.07, 6.45) is 1.44. The van der Waals surface area contributed by atoms with Gasteiger partial charge in [0.05, 0.1) is 50.9 Å². The molecule has 2 fully saturated rings. The highest BCUT2D eigenvalue weighted by Crippen LogP contribution is 2.41. The topological polar surface area (TPSA) is 149 Å². The monoisotopic (exact) mass is 670 g/mol. The fraction of sp³-hybridized carbons (Fsp3) is 0.387. The van der Waals surface area contributed by atoms with Gasteiger partial charge in [-0.25, -0.2) is 14.0 Å². The number of piperazine rings is 1. The third-order valence-electron chi connectivity index (χ3n) is 8.93. The van der Waals surface area contributed by atoms with E-state index in [0.717, 1.165) is 10.9 Å². The number of aliphatic carboxylic acids is 1. The number of fused-ring (bicyclic) bond motifs is 2. The Hall–Kier alpha value is -4.21. The molecule has 0 bridgehead atoms. The van der Waals surface area contributed by atoms with E-state index in [2.05, 4.69) is 5.32 Å². The first kappa shape index (κ1) is 31.8. The Bertz CT molecular complexity index is 1850. The molecule has 46 heavy (non-hydrogen) atoms. The number of anilines is 1. The molecule has 3 aromatic rings. The van der Waals surface area contributed by atoms with Gasteiger partial charge in [0.25, 0.3) is 5.91 Å². The van der Waals surface area contributed by atoms with E-state index >= 15 is 4.39 Å². The highest BCUT2D eigenvalue weighted by atomic mass is 32.2. The second kappa shape index (κ2) is 12.2. The Morgan fingerprint density at radius 3 is 2.50 bits per heavy atom. The fourth-order valence-electron chi connectivity index (χ4n) is 6.46. The van der Waals surface area contributed by atoms with Gasteiger partial charge in [-0.2, -0.15) is 0 Å². The van der Waals surface area contributed by atoms with E-state index in [0.29, 0.717) is 66.3 Å². The van der Waals surface area contributed by atoms with Gasteiger partial charge in [0.1, 0.15) is 35.0 Å². The second-order valence-corrected chi connectivity index (χ2v) is 14.1. The smallest absolute Gasteiger partial charge is 0.352 e. The zero-order valence-corrected chi connectivity index (χ0v) is 26.8. The van der Waals surface area contributed by atoms with Crippen LogP contribution in [0.4, 0.5) is 10.1 Å². The number of benzene rings is 1. The zero-order chi connectivity index (χ0) is 32.9. The molecule has 2 amide bonds. The first-order valence-corrected chi connectivity index (χ1v) is 16.7. The van der Waals surface area contributed by atoms with Crippen LogP contribution in [0.5, 0.6) is 0 Å². The fourth-order valence-corrected chi connectivity index (χ4v) is 8.50. The van der Waals surface area contributed by atoms with Crippen LogP contribution in [-0.4, -0.2) is 105 Å². The summed E-state index contributed by atoms with van der Waals surface area (Å²) < 4.78 is 17.5. The van der Waals surface area contributed by atoms with Crippen LogP contribution in [0.25, 0.3) is 10.9 Å². The number of nitrogens with zero attached hydrogens (tertiary/aromatic N) is 4. The van der Waals surface area contributed by atoms with Crippen LogP contribution in [0, 0.1) is 5.82 Å². The van der Waals surface area contributed by atoms with Crippen LogP contribution >= 0.6 is 23.1 Å². The highest BCUT2D eigenvalue weighted by Gasteiger charge is 2.54. The Kier molecular flexibility index (Phi) is 8.42. The zero-order valence-electron chi connectivity index (χ0n) is 25.2. The normalized spacial score (nSPS) is 20.8. The SMILES string of the molecule is CCn1cc(C(=O)O)c(=O)c2cc(F)c(N3CC[N+](C)(CC4=C(C(=O)O)N5C(=O)C(NC(=O)Cc6cccs6)C5SC4)CC3)cc21. The number of rotatable bonds is 9. The highest BCUT2D eigenvalue weighted by molar-refractivity contribution is 8.00. The van der Waals surface area contributed by atoms with Crippen LogP contribution < -0.4 is 15.6 Å². The van der Waals surface area contributed by atoms with Crippen LogP contribution in [-0.2, 0) is 27.3 Å². The number of pyridine rings is 1. The predicted molar refractivity (Wildman–Crippen MR) is 172 cm³/mol. The molecule has 0 spiro atoms. The summed E-state index contributed by atoms with van der Waals surface area (Å²) >= 11 is 2.89. The first-order valence-electron chi connectivity index (χ1n) is 14.8. The number of likely N-dealkylation sites (N-methyl/N-ethyl adjacent to an activating group) is 1. The van der Waals surface area contributed by atoms with Crippen molar-refractivity contribution in [2.45, 2.75) is 31.3 Å². The molecule has 1 aromatic carbocycles. The maximum atomic E-state index is 15.4. The minimum absolute atomic E-state index is 0.00623. The summed E-state index contributed by atoms with van der Waals surface area (Å²) in [5.41, 5.74) is 0.218. The number of carboxylic acid groups (broad SMARTS) is 2. The summed E-state index contributed by atoms with van der Waals surface area (Å²) in [6, 6.07) is 5.61. The van der Waals surface area contributed by atoms with E-state index in [1.165, 1.54) is 34.2 Å². The van der Waals surface area contributed by atoms with Crippen molar-refractivity contribution < 1.29 is 38.3 Å². The Labute approximate surface area is 271 Å². The van der Waals surface area contributed by atoms with Gasteiger partial charge < -0.3 is 29.5 Å². The largest absolute Gasteiger partial charge is 0.477 e. The lowest BCUT2D eigenvalue weighted by Gasteiger charge is -2.50. The van der Waals surface area contributed by atoms with E-state index in [-0.39, 0.29) is 23.4 Å². The van der Waals surface area contributed by atoms with Crippen molar-refractivity contribution in [3.05, 3.63) is 73.6 Å². The number of amides is 2. The first-order chi connectivity index (χ1) is 21.9. The molecule has 3 aliphatic heterocycles. The molecule has 0 aliphatic carbocycles. The maximum Gasteiger partial charge on any atom is 0.352 e. The number of carbonyl (C=O) groups is 4. The summed E-state index contributed by atoms with van der Waals surface area (Å²) in [7, 11) is 2.00. The third-order valence-corrected chi connectivity index (χ3v) is 11.1. The van der Waals surface area contributed by atoms with Crippen molar-refractivity contribution >= 4 is 63.4 Å². The molecule has 5 heterocycles. The van der Waals surface area contributed by atoms with Gasteiger partial charge in [-0.1, -0.05) is 6.07 Å². The quantitative estimate of drug-likeness (QED) is 0.230. The van der Waals surface area contributed by atoms with E-state index < -0.39 is 46.1 Å². The van der Waals surface area contributed by atoms with E-state index in [9.17, 15) is 34.2 Å². The van der Waals surface area contributed by atoms with Crippen LogP contribution in [0.2, 0.25) is 0 Å². The van der Waals surface area contributed by atoms with Gasteiger partial charge in [0.15, 0.2) is 0 Å². The molecule has 2 saturated heterocycles. The molecule has 12 nitrogen and oxygen atoms in total. The summed E-state index contributed by atoms with van der Waals surface area (Å²) in [4.78, 5) is 66.5. The lowest BCUT2D eigenvalue weighted by atomic mass is 10.0. The van der Waals surface area contributed by atoms with E-state index in [4.69, 9.17) is 0 Å². The number of aromatic nitrogens is 1. The number of carbonyl (C=O) groups excluding carboxylic acids is 2. The molecule has 2 unspecified atom stereocenters. The van der Waals surface area contributed by atoms with Crippen LogP contribution in [0.3, 0.4) is 0 Å². The van der Waals surface area contributed by atoms with Crippen molar-refractivity contribution in [3.8, 4) is 0 Å². The van der Waals surface area contributed by atoms with Gasteiger partial charge in [-0.15, -0.1) is 23.1 Å². The van der Waals surface area contributed by atoms with E-state index in [1.807, 2.05) is 36.4 Å². The van der Waals surface area contributed by atoms with Crippen molar-refractivity contribution in [2.75, 3.05) is 50.4 Å². The number of hydrogen-bond acceptors (Lipinski definition) is 8. The van der Waals surface area contributed by atoms with Crippen LogP contribution in [0.15, 0.2) is 51.9 Å². The predicted octanol–water partition coefficient (Wildman–Crippen LogP) is 2.17. The maximum absolute atomic E-state index is 15.4. The summed E-state index contributed by atoms with van der Waals surface area (Å²) in [5, 5.41) is 23.7. The van der Waals surface area contributed by atoms with Gasteiger partial charge in [0.2, 0.25) is 11.3 Å². The molecule has 242 valence electrons. The lowest BCUT2D eigenvalue weighted by molar-refractivity contribution is -0.905. The number of thiophene rings is 1. The van der Waals surface area contributed by atoms with E-state index in [1.54, 1.807) is 10.6 Å². The summed E-state index contributed by atoms with van der Waals surface area (Å²) in [6.45, 7) is 4.63. The molecule has 2 atom stereocenters. The molecule has 3 aliphatic rings. The Balaban J connectivity index is 1.16. The number of quaternary nitrogens is 1. The second-order valence-electron chi connectivity index (χ2n) is 12.0. The number of nitrogens with one attached hydrogen (secondary N) is 1. The van der Waals surface area contributed by atoms with Crippen molar-refractivity contribution in [2.24, 2.45) is 0 Å². The number of hydrogen-bond donors (Lipinski definition) is 3. The van der Waals surface area contributed by atoms with Gasteiger partial charge >= 0.3 is 11.9 Å². The van der Waals surface area contributed by atoms with Crippen molar-refractivity contribution in [1.82, 2.24) is 14.8 Å². The van der Waals surface area contributed by atoms with Crippen molar-refractivity contribution in [1.29, 1.82) is 0 Å². The lowest BCUT2D eigenvalue weighted by Crippen LogP contribution is -2.71. The van der Waals surface area contributed by atoms with Gasteiger partial charge in [-0.05, 0) is 30.5 Å². The number of aryl methyl sites for hydroxylation is 1. The molecule has 0 saturated carbocycles. The Morgan fingerprint density at radius 1 is 1.13 bits per heavy atom. The molecule has 3 N–H and O–H groups in total. The number of thioether (sulfide) groups is 1. The van der Waals surface area contributed by atoms with Crippen LogP contribution in [0.1, 0.15) is 22.2 Å². The number of halogens is 1. The standard InChI is InChI=1S/C31H32FN5O7S2/c1-3-34-14-20(30(41)42)27(39)19-12-21(32)23(13-22(19)34)35-6-8-37(2,9-7-35)15-17-16-46-29-25(28(40)36(29)26(17)31(43)44)33-24(38)11-18-5-4-10-45-18/h4-5,10,12-14,25,29H,3,6-9,11,15-16H2,1-2H3,(H2-,33,38,41,42,43,44)/p+1. The molecular formula is C31H33FN5O7S2+. The Morgan fingerprint density at radius 2 is 1.87 bits per heavy atom. The summed E-state index contributed by atoms with van der Waals surface area (Å²) in [5.74, 6) is -3.49. The molecule has 0 radical (unpaired) electrons. The van der Waals surface area contributed by atoms with Gasteiger partial charge in [-0.3, -0.25) is 19.3 Å². The minimum atomic E-state index is -1.37. The average molecular weight is 671 g/mol. The molecule has 15 heteroatoms. The third kappa shape index (κ3) is 5.67. The average Bonchev–Trinajstić information content (AvgIpc) is 3.53. The molecular weight excluding hydrogens is 638 g/mol. The van der Waals surface area contributed by atoms with Crippen molar-refractivity contribution in [3.63, 3.8) is 0 Å². The minimum Gasteiger partial charge on any atom is -0.477 e. The molecule has 6 rings (SSSR count). The molecule has 2 aromatic heterocycles. The number of carboxylic acids is 2.